The first kappa shape index (κ1) is 14.6. The van der Waals surface area contributed by atoms with Gasteiger partial charge in [-0.1, -0.05) is 0 Å². The van der Waals surface area contributed by atoms with Gasteiger partial charge in [0.15, 0.2) is 0 Å². The fourth-order valence-electron chi connectivity index (χ4n) is 2.05. The number of nitrogens with two attached hydrogens (primary N) is 1. The van der Waals surface area contributed by atoms with Gasteiger partial charge in [0.2, 0.25) is 0 Å². The van der Waals surface area contributed by atoms with Crippen LogP contribution in [-0.4, -0.2) is 33.2 Å². The van der Waals surface area contributed by atoms with Gasteiger partial charge >= 0.3 is 0 Å². The van der Waals surface area contributed by atoms with E-state index in [-0.39, 0.29) is 11.9 Å². The first-order valence-electron chi connectivity index (χ1n) is 6.45. The van der Waals surface area contributed by atoms with Crippen LogP contribution < -0.4 is 11.1 Å². The van der Waals surface area contributed by atoms with E-state index in [2.05, 4.69) is 10.3 Å². The number of carbonyl (C=O) groups is 1. The lowest BCUT2D eigenvalue weighted by Crippen LogP contribution is -2.33. The standard InChI is InChI=1S/C14H19N3O2S/c1-9(5-6-20(2)19)17-14(18)12-8-16-13-7-10(15)3-4-11(12)13/h3-4,7-9,16H,5-6,15H2,1-2H3,(H,17,18). The number of anilines is 1. The van der Waals surface area contributed by atoms with E-state index in [9.17, 15) is 9.00 Å². The molecule has 20 heavy (non-hydrogen) atoms. The van der Waals surface area contributed by atoms with Crippen molar-refractivity contribution in [1.29, 1.82) is 0 Å². The Kier molecular flexibility index (Phi) is 4.44. The minimum atomic E-state index is -0.834. The van der Waals surface area contributed by atoms with E-state index in [0.717, 1.165) is 10.9 Å². The maximum Gasteiger partial charge on any atom is 0.253 e. The number of hydrogen-bond acceptors (Lipinski definition) is 3. The lowest BCUT2D eigenvalue weighted by molar-refractivity contribution is 0.0941. The normalized spacial score (nSPS) is 14.1. The van der Waals surface area contributed by atoms with Gasteiger partial charge in [0.05, 0.1) is 5.56 Å². The van der Waals surface area contributed by atoms with Crippen LogP contribution in [0.2, 0.25) is 0 Å². The van der Waals surface area contributed by atoms with Gasteiger partial charge in [-0.3, -0.25) is 9.00 Å². The maximum absolute atomic E-state index is 12.2. The largest absolute Gasteiger partial charge is 0.399 e. The molecule has 1 amide bonds. The predicted octanol–water partition coefficient (Wildman–Crippen LogP) is 1.64. The zero-order chi connectivity index (χ0) is 14.7. The zero-order valence-electron chi connectivity index (χ0n) is 11.6. The van der Waals surface area contributed by atoms with Gasteiger partial charge in [-0.2, -0.15) is 0 Å². The monoisotopic (exact) mass is 293 g/mol. The molecular weight excluding hydrogens is 274 g/mol. The minimum absolute atomic E-state index is 0.00914. The summed E-state index contributed by atoms with van der Waals surface area (Å²) < 4.78 is 11.1. The average molecular weight is 293 g/mol. The molecule has 2 atom stereocenters. The Balaban J connectivity index is 2.09. The number of aromatic amines is 1. The highest BCUT2D eigenvalue weighted by atomic mass is 32.2. The third-order valence-corrected chi connectivity index (χ3v) is 3.98. The molecule has 0 spiro atoms. The fourth-order valence-corrected chi connectivity index (χ4v) is 2.73. The summed E-state index contributed by atoms with van der Waals surface area (Å²) in [5, 5.41) is 3.77. The summed E-state index contributed by atoms with van der Waals surface area (Å²) in [6, 6.07) is 5.40. The number of aromatic nitrogens is 1. The predicted molar refractivity (Wildman–Crippen MR) is 83.2 cm³/mol. The molecule has 0 saturated heterocycles. The van der Waals surface area contributed by atoms with Crippen LogP contribution in [-0.2, 0) is 10.8 Å². The average Bonchev–Trinajstić information content (AvgIpc) is 2.79. The van der Waals surface area contributed by atoms with E-state index >= 15 is 0 Å². The Morgan fingerprint density at radius 3 is 2.95 bits per heavy atom. The SMILES string of the molecule is CC(CCS(C)=O)NC(=O)c1c[nH]c2cc(N)ccc12. The second-order valence-electron chi connectivity index (χ2n) is 4.95. The smallest absolute Gasteiger partial charge is 0.253 e. The van der Waals surface area contributed by atoms with Crippen molar-refractivity contribution < 1.29 is 9.00 Å². The van der Waals surface area contributed by atoms with Crippen LogP contribution in [0.3, 0.4) is 0 Å². The van der Waals surface area contributed by atoms with Crippen molar-refractivity contribution >= 4 is 33.3 Å². The zero-order valence-corrected chi connectivity index (χ0v) is 12.4. The van der Waals surface area contributed by atoms with Gasteiger partial charge in [-0.25, -0.2) is 0 Å². The van der Waals surface area contributed by atoms with Crippen molar-refractivity contribution in [1.82, 2.24) is 10.3 Å². The highest BCUT2D eigenvalue weighted by Crippen LogP contribution is 2.20. The molecule has 1 heterocycles. The van der Waals surface area contributed by atoms with Crippen molar-refractivity contribution in [3.63, 3.8) is 0 Å². The van der Waals surface area contributed by atoms with Gasteiger partial charge in [-0.05, 0) is 31.5 Å². The second-order valence-corrected chi connectivity index (χ2v) is 6.50. The highest BCUT2D eigenvalue weighted by molar-refractivity contribution is 7.84. The Hall–Kier alpha value is -1.82. The summed E-state index contributed by atoms with van der Waals surface area (Å²) in [6.07, 6.45) is 4.05. The first-order valence-corrected chi connectivity index (χ1v) is 8.17. The Bertz CT molecular complexity index is 651. The lowest BCUT2D eigenvalue weighted by atomic mass is 10.1. The number of H-pyrrole nitrogens is 1. The summed E-state index contributed by atoms with van der Waals surface area (Å²) in [4.78, 5) is 15.3. The third-order valence-electron chi connectivity index (χ3n) is 3.17. The molecule has 2 aromatic rings. The number of hydrogen-bond donors (Lipinski definition) is 3. The van der Waals surface area contributed by atoms with Crippen LogP contribution in [0.25, 0.3) is 10.9 Å². The van der Waals surface area contributed by atoms with Gasteiger partial charge in [0, 0.05) is 51.6 Å². The molecule has 1 aromatic carbocycles. The van der Waals surface area contributed by atoms with Crippen LogP contribution >= 0.6 is 0 Å². The first-order chi connectivity index (χ1) is 9.47. The van der Waals surface area contributed by atoms with Gasteiger partial charge < -0.3 is 16.0 Å². The fraction of sp³-hybridized carbons (Fsp3) is 0.357. The molecule has 2 unspecified atom stereocenters. The Morgan fingerprint density at radius 1 is 1.50 bits per heavy atom. The van der Waals surface area contributed by atoms with Crippen molar-refractivity contribution in [2.24, 2.45) is 0 Å². The van der Waals surface area contributed by atoms with Crippen molar-refractivity contribution in [3.8, 4) is 0 Å². The van der Waals surface area contributed by atoms with E-state index in [4.69, 9.17) is 5.73 Å². The van der Waals surface area contributed by atoms with E-state index < -0.39 is 10.8 Å². The van der Waals surface area contributed by atoms with E-state index in [1.54, 1.807) is 24.6 Å². The minimum Gasteiger partial charge on any atom is -0.399 e. The van der Waals surface area contributed by atoms with Crippen LogP contribution in [0.5, 0.6) is 0 Å². The van der Waals surface area contributed by atoms with Gasteiger partial charge in [0.1, 0.15) is 0 Å². The summed E-state index contributed by atoms with van der Waals surface area (Å²) in [5.74, 6) is 0.460. The maximum atomic E-state index is 12.2. The van der Waals surface area contributed by atoms with Crippen LogP contribution in [0.4, 0.5) is 5.69 Å². The molecular formula is C14H19N3O2S. The number of nitrogens with one attached hydrogen (secondary N) is 2. The molecule has 5 nitrogen and oxygen atoms in total. The molecule has 1 aromatic heterocycles. The molecule has 0 bridgehead atoms. The molecule has 0 aliphatic heterocycles. The molecule has 0 radical (unpaired) electrons. The summed E-state index contributed by atoms with van der Waals surface area (Å²) in [6.45, 7) is 1.91. The van der Waals surface area contributed by atoms with E-state index in [1.807, 2.05) is 13.0 Å². The number of amides is 1. The van der Waals surface area contributed by atoms with Crippen molar-refractivity contribution in [2.45, 2.75) is 19.4 Å². The number of nitrogen functional groups attached to an aromatic ring is 1. The van der Waals surface area contributed by atoms with Crippen molar-refractivity contribution in [2.75, 3.05) is 17.7 Å². The molecule has 2 rings (SSSR count). The third kappa shape index (κ3) is 3.39. The quantitative estimate of drug-likeness (QED) is 0.732. The van der Waals surface area contributed by atoms with Gasteiger partial charge in [-0.15, -0.1) is 0 Å². The number of fused-ring (bicyclic) bond motifs is 1. The van der Waals surface area contributed by atoms with Crippen molar-refractivity contribution in [3.05, 3.63) is 30.0 Å². The summed E-state index contributed by atoms with van der Waals surface area (Å²) >= 11 is 0. The Labute approximate surface area is 120 Å². The van der Waals surface area contributed by atoms with Crippen LogP contribution in [0.1, 0.15) is 23.7 Å². The summed E-state index contributed by atoms with van der Waals surface area (Å²) in [5.41, 5.74) is 7.81. The number of benzene rings is 1. The molecule has 0 fully saturated rings. The van der Waals surface area contributed by atoms with Crippen LogP contribution in [0.15, 0.2) is 24.4 Å². The number of rotatable bonds is 5. The van der Waals surface area contributed by atoms with Crippen LogP contribution in [0, 0.1) is 0 Å². The second kappa shape index (κ2) is 6.09. The molecule has 4 N–H and O–H groups in total. The van der Waals surface area contributed by atoms with E-state index in [0.29, 0.717) is 23.4 Å². The molecule has 6 heteroatoms. The molecule has 0 aliphatic carbocycles. The number of carbonyl (C=O) groups excluding carboxylic acids is 1. The molecule has 108 valence electrons. The van der Waals surface area contributed by atoms with Gasteiger partial charge in [0.25, 0.3) is 5.91 Å². The highest BCUT2D eigenvalue weighted by Gasteiger charge is 2.14. The topological polar surface area (TPSA) is 88.0 Å². The molecule has 0 saturated carbocycles. The lowest BCUT2D eigenvalue weighted by Gasteiger charge is -2.12. The van der Waals surface area contributed by atoms with E-state index in [1.165, 1.54) is 0 Å². The Morgan fingerprint density at radius 2 is 2.25 bits per heavy atom. The molecule has 0 aliphatic rings. The summed E-state index contributed by atoms with van der Waals surface area (Å²) in [7, 11) is -0.834.